The number of benzene rings is 3. The molecule has 3 aromatic carbocycles. The third-order valence-corrected chi connectivity index (χ3v) is 6.08. The van der Waals surface area contributed by atoms with Crippen LogP contribution in [0.5, 0.6) is 5.75 Å². The summed E-state index contributed by atoms with van der Waals surface area (Å²) in [6.45, 7) is 3.25. The number of nitrogens with zero attached hydrogens (tertiary/aromatic N) is 1. The molecule has 0 unspecified atom stereocenters. The van der Waals surface area contributed by atoms with Crippen molar-refractivity contribution in [2.75, 3.05) is 22.8 Å². The Morgan fingerprint density at radius 3 is 2.25 bits per heavy atom. The molecule has 6 nitrogen and oxygen atoms in total. The Labute approximate surface area is 184 Å². The first-order chi connectivity index (χ1) is 15.3. The summed E-state index contributed by atoms with van der Waals surface area (Å²) in [6, 6.07) is 15.4. The third-order valence-electron chi connectivity index (χ3n) is 4.29. The molecule has 0 aromatic heterocycles. The van der Waals surface area contributed by atoms with E-state index in [1.807, 2.05) is 0 Å². The highest BCUT2D eigenvalue weighted by Gasteiger charge is 2.27. The van der Waals surface area contributed by atoms with Gasteiger partial charge in [-0.05, 0) is 60.7 Å². The first kappa shape index (κ1) is 23.0. The molecule has 0 fully saturated rings. The minimum atomic E-state index is -4.24. The Morgan fingerprint density at radius 2 is 1.62 bits per heavy atom. The van der Waals surface area contributed by atoms with Crippen molar-refractivity contribution >= 4 is 27.3 Å². The summed E-state index contributed by atoms with van der Waals surface area (Å²) < 4.78 is 59.3. The van der Waals surface area contributed by atoms with E-state index in [-0.39, 0.29) is 17.2 Å². The summed E-state index contributed by atoms with van der Waals surface area (Å²) in [6.07, 6.45) is 1.58. The first-order valence-corrected chi connectivity index (χ1v) is 10.9. The van der Waals surface area contributed by atoms with Gasteiger partial charge in [-0.2, -0.15) is 0 Å². The zero-order valence-corrected chi connectivity index (χ0v) is 17.7. The zero-order chi connectivity index (χ0) is 23.1. The van der Waals surface area contributed by atoms with E-state index in [0.717, 1.165) is 40.7 Å². The molecule has 0 aliphatic rings. The van der Waals surface area contributed by atoms with E-state index in [2.05, 4.69) is 11.9 Å². The summed E-state index contributed by atoms with van der Waals surface area (Å²) in [5.74, 6) is -1.31. The SMILES string of the molecule is C=CCOc1cccc(NC(=O)CN(c2ccc(F)cc2)S(=O)(=O)c2ccc(F)cc2)c1. The second-order valence-electron chi connectivity index (χ2n) is 6.62. The first-order valence-electron chi connectivity index (χ1n) is 9.47. The monoisotopic (exact) mass is 458 g/mol. The lowest BCUT2D eigenvalue weighted by Crippen LogP contribution is -2.38. The molecule has 1 N–H and O–H groups in total. The molecular formula is C23H20F2N2O4S. The topological polar surface area (TPSA) is 75.7 Å². The van der Waals surface area contributed by atoms with Crippen LogP contribution < -0.4 is 14.4 Å². The van der Waals surface area contributed by atoms with Gasteiger partial charge in [0, 0.05) is 11.8 Å². The number of ether oxygens (including phenoxy) is 1. The van der Waals surface area contributed by atoms with Crippen LogP contribution in [0.3, 0.4) is 0 Å². The molecule has 0 saturated carbocycles. The van der Waals surface area contributed by atoms with Crippen LogP contribution in [0.1, 0.15) is 0 Å². The van der Waals surface area contributed by atoms with E-state index in [1.165, 1.54) is 12.1 Å². The lowest BCUT2D eigenvalue weighted by molar-refractivity contribution is -0.114. The van der Waals surface area contributed by atoms with Gasteiger partial charge >= 0.3 is 0 Å². The van der Waals surface area contributed by atoms with Crippen LogP contribution in [-0.4, -0.2) is 27.5 Å². The lowest BCUT2D eigenvalue weighted by atomic mass is 10.3. The molecule has 0 atom stereocenters. The summed E-state index contributed by atoms with van der Waals surface area (Å²) >= 11 is 0. The molecule has 9 heteroatoms. The van der Waals surface area contributed by atoms with E-state index in [1.54, 1.807) is 30.3 Å². The quantitative estimate of drug-likeness (QED) is 0.484. The Bertz CT molecular complexity index is 1200. The van der Waals surface area contributed by atoms with Crippen molar-refractivity contribution in [2.45, 2.75) is 4.90 Å². The normalized spacial score (nSPS) is 10.9. The van der Waals surface area contributed by atoms with E-state index in [4.69, 9.17) is 4.74 Å². The Hall–Kier alpha value is -3.72. The second-order valence-corrected chi connectivity index (χ2v) is 8.48. The number of hydrogen-bond donors (Lipinski definition) is 1. The van der Waals surface area contributed by atoms with Gasteiger partial charge in [-0.25, -0.2) is 17.2 Å². The van der Waals surface area contributed by atoms with Gasteiger partial charge in [-0.15, -0.1) is 0 Å². The molecule has 0 saturated heterocycles. The van der Waals surface area contributed by atoms with Gasteiger partial charge in [0.25, 0.3) is 10.0 Å². The van der Waals surface area contributed by atoms with Gasteiger partial charge in [0.1, 0.15) is 30.5 Å². The predicted molar refractivity (Wildman–Crippen MR) is 118 cm³/mol. The van der Waals surface area contributed by atoms with Gasteiger partial charge in [0.05, 0.1) is 10.6 Å². The van der Waals surface area contributed by atoms with Crippen LogP contribution in [0.4, 0.5) is 20.2 Å². The van der Waals surface area contributed by atoms with E-state index >= 15 is 0 Å². The van der Waals surface area contributed by atoms with Crippen LogP contribution >= 0.6 is 0 Å². The average Bonchev–Trinajstić information content (AvgIpc) is 2.77. The highest BCUT2D eigenvalue weighted by atomic mass is 32.2. The largest absolute Gasteiger partial charge is 0.489 e. The fourth-order valence-corrected chi connectivity index (χ4v) is 4.23. The van der Waals surface area contributed by atoms with E-state index in [9.17, 15) is 22.0 Å². The number of nitrogens with one attached hydrogen (secondary N) is 1. The number of rotatable bonds is 9. The summed E-state index contributed by atoms with van der Waals surface area (Å²) in [5.41, 5.74) is 0.476. The van der Waals surface area contributed by atoms with Crippen LogP contribution in [0, 0.1) is 11.6 Å². The van der Waals surface area contributed by atoms with Gasteiger partial charge in [0.2, 0.25) is 5.91 Å². The van der Waals surface area contributed by atoms with Gasteiger partial charge in [-0.1, -0.05) is 18.7 Å². The highest BCUT2D eigenvalue weighted by Crippen LogP contribution is 2.25. The predicted octanol–water partition coefficient (Wildman–Crippen LogP) is 4.36. The maximum atomic E-state index is 13.4. The Balaban J connectivity index is 1.87. The smallest absolute Gasteiger partial charge is 0.264 e. The molecule has 0 spiro atoms. The molecule has 0 radical (unpaired) electrons. The number of carbonyl (C=O) groups excluding carboxylic acids is 1. The van der Waals surface area contributed by atoms with Gasteiger partial charge in [0.15, 0.2) is 0 Å². The summed E-state index contributed by atoms with van der Waals surface area (Å²) in [4.78, 5) is 12.5. The van der Waals surface area contributed by atoms with Crippen LogP contribution in [0.25, 0.3) is 0 Å². The second kappa shape index (κ2) is 10.1. The summed E-state index contributed by atoms with van der Waals surface area (Å²) in [5, 5.41) is 2.62. The maximum Gasteiger partial charge on any atom is 0.264 e. The molecule has 1 amide bonds. The summed E-state index contributed by atoms with van der Waals surface area (Å²) in [7, 11) is -4.24. The number of carbonyl (C=O) groups is 1. The van der Waals surface area contributed by atoms with E-state index < -0.39 is 34.1 Å². The molecule has 0 aliphatic heterocycles. The molecule has 0 bridgehead atoms. The van der Waals surface area contributed by atoms with Crippen molar-refractivity contribution < 1.29 is 26.7 Å². The minimum Gasteiger partial charge on any atom is -0.489 e. The molecule has 32 heavy (non-hydrogen) atoms. The fourth-order valence-electron chi connectivity index (χ4n) is 2.81. The van der Waals surface area contributed by atoms with Crippen molar-refractivity contribution in [1.29, 1.82) is 0 Å². The molecule has 3 rings (SSSR count). The average molecular weight is 458 g/mol. The van der Waals surface area contributed by atoms with Crippen molar-refractivity contribution in [3.63, 3.8) is 0 Å². The highest BCUT2D eigenvalue weighted by molar-refractivity contribution is 7.92. The number of halogens is 2. The van der Waals surface area contributed by atoms with Crippen molar-refractivity contribution in [3.8, 4) is 5.75 Å². The molecule has 0 aliphatic carbocycles. The third kappa shape index (κ3) is 5.70. The van der Waals surface area contributed by atoms with Crippen LogP contribution in [-0.2, 0) is 14.8 Å². The van der Waals surface area contributed by atoms with Gasteiger partial charge in [-0.3, -0.25) is 9.10 Å². The van der Waals surface area contributed by atoms with Crippen LogP contribution in [0.2, 0.25) is 0 Å². The van der Waals surface area contributed by atoms with Crippen LogP contribution in [0.15, 0.2) is 90.3 Å². The maximum absolute atomic E-state index is 13.4. The number of hydrogen-bond acceptors (Lipinski definition) is 4. The minimum absolute atomic E-state index is 0.0777. The molecular weight excluding hydrogens is 438 g/mol. The molecule has 166 valence electrons. The van der Waals surface area contributed by atoms with Crippen molar-refractivity contribution in [3.05, 3.63) is 97.1 Å². The zero-order valence-electron chi connectivity index (χ0n) is 16.9. The van der Waals surface area contributed by atoms with Gasteiger partial charge < -0.3 is 10.1 Å². The molecule has 3 aromatic rings. The number of anilines is 2. The number of sulfonamides is 1. The number of amides is 1. The standard InChI is InChI=1S/C23H20F2N2O4S/c1-2-14-31-21-5-3-4-19(15-21)26-23(28)16-27(20-10-6-17(24)7-11-20)32(29,30)22-12-8-18(25)9-13-22/h2-13,15H,1,14,16H2,(H,26,28). The Morgan fingerprint density at radius 1 is 1.00 bits per heavy atom. The van der Waals surface area contributed by atoms with E-state index in [0.29, 0.717) is 11.4 Å². The van der Waals surface area contributed by atoms with Crippen molar-refractivity contribution in [1.82, 2.24) is 0 Å². The fraction of sp³-hybridized carbons (Fsp3) is 0.0870. The Kier molecular flexibility index (Phi) is 7.21. The lowest BCUT2D eigenvalue weighted by Gasteiger charge is -2.24. The molecule has 0 heterocycles. The van der Waals surface area contributed by atoms with Crippen molar-refractivity contribution in [2.24, 2.45) is 0 Å².